The first-order valence-corrected chi connectivity index (χ1v) is 26.5. The third kappa shape index (κ3) is 73.2. The monoisotopic (exact) mass is 864 g/mol. The van der Waals surface area contributed by atoms with Crippen molar-refractivity contribution < 1.29 is 0 Å². The molecule has 0 heterocycles. The van der Waals surface area contributed by atoms with Crippen molar-refractivity contribution in [1.29, 1.82) is 0 Å². The number of unbranched alkanes of at least 4 members (excludes halogenated alkanes) is 2. The number of rotatable bonds is 4. The van der Waals surface area contributed by atoms with Crippen LogP contribution in [0.3, 0.4) is 0 Å². The summed E-state index contributed by atoms with van der Waals surface area (Å²) in [6.07, 6.45) is 4.77. The molecule has 0 bridgehead atoms. The van der Waals surface area contributed by atoms with E-state index in [0.29, 0.717) is 0 Å². The first-order chi connectivity index (χ1) is 6.24. The van der Waals surface area contributed by atoms with E-state index < -0.39 is 0 Å². The molecule has 0 atom stereocenters. The zero-order valence-corrected chi connectivity index (χ0v) is 22.3. The number of hydrogen-bond donors (Lipinski definition) is 2. The van der Waals surface area contributed by atoms with Crippen LogP contribution in [0, 0.1) is 0 Å². The van der Waals surface area contributed by atoms with E-state index in [1.54, 1.807) is 0 Å². The zero-order chi connectivity index (χ0) is 10.9. The Bertz CT molecular complexity index is 53.9. The fourth-order valence-corrected chi connectivity index (χ4v) is 0.408. The Morgan fingerprint density at radius 3 is 1.07 bits per heavy atom. The van der Waals surface area contributed by atoms with Gasteiger partial charge in [0.2, 0.25) is 0 Å². The van der Waals surface area contributed by atoms with Crippen molar-refractivity contribution in [3.63, 3.8) is 0 Å². The van der Waals surface area contributed by atoms with Crippen molar-refractivity contribution in [3.8, 4) is 0 Å². The molecule has 0 aliphatic carbocycles. The third-order valence-electron chi connectivity index (χ3n) is 1.12. The normalized spacial score (nSPS) is 6.80. The quantitative estimate of drug-likeness (QED) is 0.331. The van der Waals surface area contributed by atoms with Crippen LogP contribution in [0.15, 0.2) is 0 Å². The van der Waals surface area contributed by atoms with Gasteiger partial charge in [-0.3, -0.25) is 0 Å². The maximum atomic E-state index is 5.14. The molecule has 2 nitrogen and oxygen atoms in total. The first-order valence-electron chi connectivity index (χ1n) is 4.61. The standard InChI is InChI=1S/2C4H11N.4HI.Pb/c2*1-2-3-4-5;;;;;/h2*2-5H2,1H3;4*1H;/q;;;;;;+2/p-2. The molecule has 98 valence electrons. The van der Waals surface area contributed by atoms with Gasteiger partial charge in [-0.05, 0) is 25.9 Å². The van der Waals surface area contributed by atoms with E-state index in [0.717, 1.165) is 13.1 Å². The van der Waals surface area contributed by atoms with Crippen molar-refractivity contribution in [2.24, 2.45) is 11.5 Å². The topological polar surface area (TPSA) is 52.0 Å². The molecule has 0 aliphatic heterocycles. The van der Waals surface area contributed by atoms with Crippen molar-refractivity contribution >= 4 is 99.1 Å². The van der Waals surface area contributed by atoms with Gasteiger partial charge in [0.25, 0.3) is 0 Å². The van der Waals surface area contributed by atoms with Crippen molar-refractivity contribution in [1.82, 2.24) is 0 Å². The second-order valence-electron chi connectivity index (χ2n) is 2.36. The fourth-order valence-electron chi connectivity index (χ4n) is 0.408. The molecule has 4 N–H and O–H groups in total. The molecule has 7 heteroatoms. The second kappa shape index (κ2) is 43.1. The Morgan fingerprint density at radius 1 is 0.867 bits per heavy atom. The SMILES string of the molecule is CCCCN.CCCCN.I.I.[I][Pb][I]. The number of hydrogen-bond acceptors (Lipinski definition) is 2. The average Bonchev–Trinajstić information content (AvgIpc) is 2.09. The minimum atomic E-state index is 0. The van der Waals surface area contributed by atoms with Gasteiger partial charge in [0.05, 0.1) is 0 Å². The molecule has 0 aromatic rings. The molecule has 0 rings (SSSR count). The number of halogens is 4. The summed E-state index contributed by atoms with van der Waals surface area (Å²) in [5.74, 6) is 0. The van der Waals surface area contributed by atoms with Crippen LogP contribution >= 0.6 is 83.5 Å². The van der Waals surface area contributed by atoms with Gasteiger partial charge in [0.1, 0.15) is 0 Å². The first kappa shape index (κ1) is 31.3. The molecule has 0 saturated heterocycles. The van der Waals surface area contributed by atoms with Gasteiger partial charge in [-0.25, -0.2) is 0 Å². The summed E-state index contributed by atoms with van der Waals surface area (Å²) in [5.41, 5.74) is 10.3. The molecule has 2 radical (unpaired) electrons. The van der Waals surface area contributed by atoms with E-state index in [4.69, 9.17) is 11.5 Å². The van der Waals surface area contributed by atoms with Crippen LogP contribution in [0.5, 0.6) is 0 Å². The van der Waals surface area contributed by atoms with Gasteiger partial charge in [-0.2, -0.15) is 0 Å². The molecule has 0 aromatic carbocycles. The second-order valence-corrected chi connectivity index (χ2v) is 30.5. The Labute approximate surface area is 160 Å². The van der Waals surface area contributed by atoms with Crippen molar-refractivity contribution in [2.45, 2.75) is 39.5 Å². The van der Waals surface area contributed by atoms with E-state index in [1.807, 2.05) is 0 Å². The summed E-state index contributed by atoms with van der Waals surface area (Å²) < 4.78 is 0. The Balaban J connectivity index is -0.0000000322. The van der Waals surface area contributed by atoms with Crippen LogP contribution in [0.2, 0.25) is 0 Å². The summed E-state index contributed by atoms with van der Waals surface area (Å²) in [6, 6.07) is 0. The summed E-state index contributed by atoms with van der Waals surface area (Å²) in [7, 11) is 0. The van der Waals surface area contributed by atoms with Crippen molar-refractivity contribution in [3.05, 3.63) is 0 Å². The van der Waals surface area contributed by atoms with Gasteiger partial charge in [-0.15, -0.1) is 48.0 Å². The molecular formula is C8H24I4N2Pb. The molecule has 15 heavy (non-hydrogen) atoms. The molecule has 0 aromatic heterocycles. The van der Waals surface area contributed by atoms with Gasteiger partial charge in [0, 0.05) is 0 Å². The van der Waals surface area contributed by atoms with Gasteiger partial charge < -0.3 is 11.5 Å². The summed E-state index contributed by atoms with van der Waals surface area (Å²) in [5, 5.41) is 0. The Kier molecular flexibility index (Phi) is 89.8. The fraction of sp³-hybridized carbons (Fsp3) is 1.00. The summed E-state index contributed by atoms with van der Waals surface area (Å²) in [6.45, 7) is 5.95. The minimum absolute atomic E-state index is 0. The van der Waals surface area contributed by atoms with Gasteiger partial charge >= 0.3 is 51.2 Å². The number of nitrogens with two attached hydrogens (primary N) is 2. The molecule has 0 saturated carbocycles. The molecule has 0 spiro atoms. The summed E-state index contributed by atoms with van der Waals surface area (Å²) in [4.78, 5) is 0. The van der Waals surface area contributed by atoms with E-state index >= 15 is 0 Å². The van der Waals surface area contributed by atoms with Crippen LogP contribution in [0.4, 0.5) is 0 Å². The van der Waals surface area contributed by atoms with Crippen molar-refractivity contribution in [2.75, 3.05) is 13.1 Å². The molecule has 0 aliphatic rings. The van der Waals surface area contributed by atoms with E-state index in [2.05, 4.69) is 49.4 Å². The van der Waals surface area contributed by atoms with E-state index in [9.17, 15) is 0 Å². The van der Waals surface area contributed by atoms with Gasteiger partial charge in [-0.1, -0.05) is 26.7 Å². The molecule has 0 amide bonds. The summed E-state index contributed by atoms with van der Waals surface area (Å²) >= 11 is 4.96. The molecule has 0 fully saturated rings. The molecule has 0 unspecified atom stereocenters. The average molecular weight is 863 g/mol. The predicted octanol–water partition coefficient (Wildman–Crippen LogP) is 4.12. The van der Waals surface area contributed by atoms with Crippen LogP contribution in [-0.2, 0) is 0 Å². The Morgan fingerprint density at radius 2 is 1.07 bits per heavy atom. The Hall–Kier alpha value is 3.76. The predicted molar refractivity (Wildman–Crippen MR) is 113 cm³/mol. The van der Waals surface area contributed by atoms with E-state index in [1.165, 1.54) is 25.7 Å². The van der Waals surface area contributed by atoms with Crippen LogP contribution in [-0.4, -0.2) is 28.7 Å². The van der Waals surface area contributed by atoms with Crippen LogP contribution in [0.25, 0.3) is 0 Å². The third-order valence-corrected chi connectivity index (χ3v) is 1.12. The zero-order valence-electron chi connectivity index (χ0n) is 9.47. The maximum absolute atomic E-state index is 5.14. The van der Waals surface area contributed by atoms with Gasteiger partial charge in [0.15, 0.2) is 0 Å². The van der Waals surface area contributed by atoms with E-state index in [-0.39, 0.29) is 63.6 Å². The van der Waals surface area contributed by atoms with Crippen LogP contribution in [0.1, 0.15) is 39.5 Å². The molecular weight excluding hydrogens is 839 g/mol. The van der Waals surface area contributed by atoms with Crippen LogP contribution < -0.4 is 11.5 Å².